The van der Waals surface area contributed by atoms with Crippen LogP contribution in [0, 0.1) is 6.92 Å². The number of aryl methyl sites for hydroxylation is 1. The summed E-state index contributed by atoms with van der Waals surface area (Å²) in [5.74, 6) is 1.78. The van der Waals surface area contributed by atoms with Crippen molar-refractivity contribution in [3.05, 3.63) is 41.9 Å². The summed E-state index contributed by atoms with van der Waals surface area (Å²) < 4.78 is 5.42. The van der Waals surface area contributed by atoms with Gasteiger partial charge in [-0.1, -0.05) is 13.3 Å². The molecule has 0 fully saturated rings. The highest BCUT2D eigenvalue weighted by molar-refractivity contribution is 5.93. The molecule has 1 aromatic heterocycles. The van der Waals surface area contributed by atoms with Crippen LogP contribution in [0.2, 0.25) is 0 Å². The summed E-state index contributed by atoms with van der Waals surface area (Å²) in [4.78, 5) is 20.7. The molecule has 1 amide bonds. The van der Waals surface area contributed by atoms with Gasteiger partial charge in [0.15, 0.2) is 0 Å². The standard InChI is InChI=1S/C18H24N4O2/c1-4-6-11-19-18(23)16-12-17(21-13(3)20-16)22-14-7-9-15(10-8-14)24-5-2/h7-10,12H,4-6,11H2,1-3H3,(H,19,23)(H,20,21,22). The van der Waals surface area contributed by atoms with Gasteiger partial charge in [-0.15, -0.1) is 0 Å². The van der Waals surface area contributed by atoms with Gasteiger partial charge in [-0.05, 0) is 44.5 Å². The van der Waals surface area contributed by atoms with Crippen LogP contribution in [0.4, 0.5) is 11.5 Å². The second-order valence-corrected chi connectivity index (χ2v) is 5.38. The van der Waals surface area contributed by atoms with E-state index in [1.54, 1.807) is 13.0 Å². The maximum atomic E-state index is 12.1. The summed E-state index contributed by atoms with van der Waals surface area (Å²) >= 11 is 0. The Kier molecular flexibility index (Phi) is 6.54. The third kappa shape index (κ3) is 5.22. The van der Waals surface area contributed by atoms with E-state index in [2.05, 4.69) is 27.5 Å². The molecule has 1 heterocycles. The van der Waals surface area contributed by atoms with E-state index >= 15 is 0 Å². The molecule has 2 N–H and O–H groups in total. The van der Waals surface area contributed by atoms with Crippen molar-refractivity contribution in [1.29, 1.82) is 0 Å². The molecular formula is C18H24N4O2. The van der Waals surface area contributed by atoms with Gasteiger partial charge < -0.3 is 15.4 Å². The number of unbranched alkanes of at least 4 members (excludes halogenated alkanes) is 1. The molecule has 0 aliphatic rings. The zero-order chi connectivity index (χ0) is 17.4. The van der Waals surface area contributed by atoms with Gasteiger partial charge in [-0.25, -0.2) is 9.97 Å². The molecular weight excluding hydrogens is 304 g/mol. The molecule has 0 saturated heterocycles. The number of ether oxygens (including phenoxy) is 1. The molecule has 0 atom stereocenters. The topological polar surface area (TPSA) is 76.1 Å². The molecule has 0 radical (unpaired) electrons. The number of benzene rings is 1. The Bertz CT molecular complexity index is 671. The van der Waals surface area contributed by atoms with E-state index in [-0.39, 0.29) is 5.91 Å². The Morgan fingerprint density at radius 1 is 1.17 bits per heavy atom. The predicted octanol–water partition coefficient (Wildman–Crippen LogP) is 3.46. The lowest BCUT2D eigenvalue weighted by atomic mass is 10.3. The van der Waals surface area contributed by atoms with Crippen molar-refractivity contribution in [2.45, 2.75) is 33.6 Å². The first kappa shape index (κ1) is 17.7. The Morgan fingerprint density at radius 3 is 2.58 bits per heavy atom. The van der Waals surface area contributed by atoms with Gasteiger partial charge in [-0.3, -0.25) is 4.79 Å². The van der Waals surface area contributed by atoms with Crippen LogP contribution in [0.15, 0.2) is 30.3 Å². The maximum absolute atomic E-state index is 12.1. The normalized spacial score (nSPS) is 10.3. The molecule has 0 unspecified atom stereocenters. The van der Waals surface area contributed by atoms with Gasteiger partial charge in [0.05, 0.1) is 6.61 Å². The highest BCUT2D eigenvalue weighted by atomic mass is 16.5. The van der Waals surface area contributed by atoms with Gasteiger partial charge in [0.2, 0.25) is 0 Å². The van der Waals surface area contributed by atoms with Crippen LogP contribution in [0.5, 0.6) is 5.75 Å². The Labute approximate surface area is 142 Å². The van der Waals surface area contributed by atoms with E-state index in [1.165, 1.54) is 0 Å². The van der Waals surface area contributed by atoms with Crippen LogP contribution in [-0.2, 0) is 0 Å². The molecule has 2 rings (SSSR count). The van der Waals surface area contributed by atoms with Crippen LogP contribution in [-0.4, -0.2) is 29.0 Å². The Morgan fingerprint density at radius 2 is 1.92 bits per heavy atom. The number of aromatic nitrogens is 2. The number of hydrogen-bond donors (Lipinski definition) is 2. The first-order chi connectivity index (χ1) is 11.6. The maximum Gasteiger partial charge on any atom is 0.270 e. The monoisotopic (exact) mass is 328 g/mol. The molecule has 24 heavy (non-hydrogen) atoms. The highest BCUT2D eigenvalue weighted by Crippen LogP contribution is 2.19. The van der Waals surface area contributed by atoms with E-state index in [9.17, 15) is 4.79 Å². The van der Waals surface area contributed by atoms with E-state index in [4.69, 9.17) is 4.74 Å². The second-order valence-electron chi connectivity index (χ2n) is 5.38. The van der Waals surface area contributed by atoms with Gasteiger partial charge in [0.25, 0.3) is 5.91 Å². The summed E-state index contributed by atoms with van der Waals surface area (Å²) in [6.45, 7) is 7.09. The van der Waals surface area contributed by atoms with Gasteiger partial charge in [0.1, 0.15) is 23.1 Å². The number of anilines is 2. The second kappa shape index (κ2) is 8.86. The number of nitrogens with zero attached hydrogens (tertiary/aromatic N) is 2. The van der Waals surface area contributed by atoms with Crippen molar-refractivity contribution in [2.24, 2.45) is 0 Å². The molecule has 0 bridgehead atoms. The van der Waals surface area contributed by atoms with Crippen LogP contribution in [0.3, 0.4) is 0 Å². The number of rotatable bonds is 8. The van der Waals surface area contributed by atoms with Crippen LogP contribution < -0.4 is 15.4 Å². The number of nitrogens with one attached hydrogen (secondary N) is 2. The SMILES string of the molecule is CCCCNC(=O)c1cc(Nc2ccc(OCC)cc2)nc(C)n1. The summed E-state index contributed by atoms with van der Waals surface area (Å²) in [5.41, 5.74) is 1.24. The molecule has 0 aliphatic heterocycles. The smallest absolute Gasteiger partial charge is 0.270 e. The van der Waals surface area contributed by atoms with Crippen LogP contribution in [0.25, 0.3) is 0 Å². The molecule has 6 heteroatoms. The predicted molar refractivity (Wildman–Crippen MR) is 94.9 cm³/mol. The van der Waals surface area contributed by atoms with Crippen LogP contribution >= 0.6 is 0 Å². The van der Waals surface area contributed by atoms with E-state index in [0.29, 0.717) is 30.5 Å². The number of amides is 1. The minimum Gasteiger partial charge on any atom is -0.494 e. The van der Waals surface area contributed by atoms with E-state index in [0.717, 1.165) is 24.3 Å². The summed E-state index contributed by atoms with van der Waals surface area (Å²) in [6, 6.07) is 9.24. The van der Waals surface area contributed by atoms with Crippen molar-refractivity contribution >= 4 is 17.4 Å². The summed E-state index contributed by atoms with van der Waals surface area (Å²) in [5, 5.41) is 6.06. The van der Waals surface area contributed by atoms with Gasteiger partial charge in [0, 0.05) is 18.3 Å². The van der Waals surface area contributed by atoms with Gasteiger partial charge in [-0.2, -0.15) is 0 Å². The third-order valence-electron chi connectivity index (χ3n) is 3.32. The van der Waals surface area contributed by atoms with Crippen molar-refractivity contribution in [2.75, 3.05) is 18.5 Å². The lowest BCUT2D eigenvalue weighted by Crippen LogP contribution is -2.25. The largest absolute Gasteiger partial charge is 0.494 e. The fraction of sp³-hybridized carbons (Fsp3) is 0.389. The minimum atomic E-state index is -0.177. The minimum absolute atomic E-state index is 0.177. The first-order valence-corrected chi connectivity index (χ1v) is 8.26. The molecule has 0 saturated carbocycles. The zero-order valence-electron chi connectivity index (χ0n) is 14.4. The number of carbonyl (C=O) groups is 1. The van der Waals surface area contributed by atoms with E-state index < -0.39 is 0 Å². The summed E-state index contributed by atoms with van der Waals surface area (Å²) in [6.07, 6.45) is 1.99. The lowest BCUT2D eigenvalue weighted by Gasteiger charge is -2.10. The molecule has 2 aromatic rings. The van der Waals surface area contributed by atoms with Crippen molar-refractivity contribution in [3.63, 3.8) is 0 Å². The molecule has 6 nitrogen and oxygen atoms in total. The fourth-order valence-corrected chi connectivity index (χ4v) is 2.17. The van der Waals surface area contributed by atoms with Crippen LogP contribution in [0.1, 0.15) is 43.0 Å². The van der Waals surface area contributed by atoms with Crippen molar-refractivity contribution < 1.29 is 9.53 Å². The molecule has 1 aromatic carbocycles. The Hall–Kier alpha value is -2.63. The third-order valence-corrected chi connectivity index (χ3v) is 3.32. The quantitative estimate of drug-likeness (QED) is 0.726. The van der Waals surface area contributed by atoms with E-state index in [1.807, 2.05) is 31.2 Å². The van der Waals surface area contributed by atoms with Crippen molar-refractivity contribution in [3.8, 4) is 5.75 Å². The summed E-state index contributed by atoms with van der Waals surface area (Å²) in [7, 11) is 0. The molecule has 128 valence electrons. The van der Waals surface area contributed by atoms with Crippen molar-refractivity contribution in [1.82, 2.24) is 15.3 Å². The first-order valence-electron chi connectivity index (χ1n) is 8.26. The fourth-order valence-electron chi connectivity index (χ4n) is 2.17. The molecule has 0 spiro atoms. The number of carbonyl (C=O) groups excluding carboxylic acids is 1. The zero-order valence-corrected chi connectivity index (χ0v) is 14.4. The Balaban J connectivity index is 2.08. The number of hydrogen-bond acceptors (Lipinski definition) is 5. The average molecular weight is 328 g/mol. The average Bonchev–Trinajstić information content (AvgIpc) is 2.56. The van der Waals surface area contributed by atoms with Gasteiger partial charge >= 0.3 is 0 Å². The highest BCUT2D eigenvalue weighted by Gasteiger charge is 2.10. The lowest BCUT2D eigenvalue weighted by molar-refractivity contribution is 0.0948. The molecule has 0 aliphatic carbocycles.